The first-order valence-electron chi connectivity index (χ1n) is 6.89. The van der Waals surface area contributed by atoms with Crippen molar-refractivity contribution >= 4 is 50.8 Å². The molecule has 0 aliphatic rings. The highest BCUT2D eigenvalue weighted by Gasteiger charge is 2.17. The molecule has 2 rings (SSSR count). The molecule has 0 bridgehead atoms. The molecule has 0 unspecified atom stereocenters. The molecule has 0 aliphatic carbocycles. The quantitative estimate of drug-likeness (QED) is 0.678. The summed E-state index contributed by atoms with van der Waals surface area (Å²) < 4.78 is 19.7. The number of aromatic nitrogens is 2. The summed E-state index contributed by atoms with van der Waals surface area (Å²) in [6.07, 6.45) is 0.810. The molecule has 1 heterocycles. The van der Waals surface area contributed by atoms with Gasteiger partial charge in [-0.05, 0) is 66.5 Å². The number of hydrogen-bond donors (Lipinski definition) is 2. The summed E-state index contributed by atoms with van der Waals surface area (Å²) in [6, 6.07) is 4.06. The fourth-order valence-electron chi connectivity index (χ4n) is 1.68. The zero-order valence-electron chi connectivity index (χ0n) is 13.2. The summed E-state index contributed by atoms with van der Waals surface area (Å²) in [4.78, 5) is 19.5. The first-order valence-corrected chi connectivity index (χ1v) is 8.06. The van der Waals surface area contributed by atoms with Crippen LogP contribution in [0.4, 0.5) is 26.4 Å². The van der Waals surface area contributed by atoms with E-state index in [-0.39, 0.29) is 11.0 Å². The number of ether oxygens (including phenoxy) is 1. The van der Waals surface area contributed by atoms with E-state index in [1.165, 1.54) is 24.4 Å². The average molecular weight is 418 g/mol. The molecule has 0 atom stereocenters. The maximum Gasteiger partial charge on any atom is 0.412 e. The van der Waals surface area contributed by atoms with Crippen LogP contribution in [-0.2, 0) is 4.74 Å². The van der Waals surface area contributed by atoms with Crippen LogP contribution in [0.25, 0.3) is 0 Å². The van der Waals surface area contributed by atoms with Gasteiger partial charge in [0.1, 0.15) is 17.2 Å². The van der Waals surface area contributed by atoms with Gasteiger partial charge < -0.3 is 10.1 Å². The molecule has 24 heavy (non-hydrogen) atoms. The molecule has 1 aromatic heterocycles. The third-order valence-electron chi connectivity index (χ3n) is 2.58. The van der Waals surface area contributed by atoms with Crippen molar-refractivity contribution in [3.05, 3.63) is 40.0 Å². The number of nitrogens with one attached hydrogen (secondary N) is 2. The number of amides is 1. The van der Waals surface area contributed by atoms with Crippen molar-refractivity contribution in [2.75, 3.05) is 10.6 Å². The molecule has 128 valence electrons. The van der Waals surface area contributed by atoms with Gasteiger partial charge in [-0.2, -0.15) is 4.98 Å². The lowest BCUT2D eigenvalue weighted by molar-refractivity contribution is 0.0636. The lowest BCUT2D eigenvalue weighted by atomic mass is 10.2. The van der Waals surface area contributed by atoms with Crippen molar-refractivity contribution < 1.29 is 13.9 Å². The van der Waals surface area contributed by atoms with E-state index in [2.05, 4.69) is 36.5 Å². The highest BCUT2D eigenvalue weighted by molar-refractivity contribution is 9.10. The monoisotopic (exact) mass is 416 g/mol. The van der Waals surface area contributed by atoms with Crippen LogP contribution in [0.2, 0.25) is 5.28 Å². The molecule has 0 saturated carbocycles. The standard InChI is InChI=1S/C15H15BrClFN4O2/c1-15(2,3)24-14(23)20-8-4-5-10(18)11(6-8)21-12-9(16)7-19-13(17)22-12/h4-7H,1-3H3,(H,20,23)(H,19,21,22). The highest BCUT2D eigenvalue weighted by Crippen LogP contribution is 2.27. The summed E-state index contributed by atoms with van der Waals surface area (Å²) in [7, 11) is 0. The maximum atomic E-state index is 14.0. The molecule has 6 nitrogen and oxygen atoms in total. The van der Waals surface area contributed by atoms with Crippen LogP contribution in [0, 0.1) is 5.82 Å². The second kappa shape index (κ2) is 7.31. The average Bonchev–Trinajstić information content (AvgIpc) is 2.44. The molecule has 0 aliphatic heterocycles. The minimum atomic E-state index is -0.633. The van der Waals surface area contributed by atoms with Crippen LogP contribution in [0.5, 0.6) is 0 Å². The Hall–Kier alpha value is -1.93. The Morgan fingerprint density at radius 2 is 2.08 bits per heavy atom. The molecule has 2 aromatic rings. The van der Waals surface area contributed by atoms with E-state index in [9.17, 15) is 9.18 Å². The van der Waals surface area contributed by atoms with Crippen LogP contribution in [-0.4, -0.2) is 21.7 Å². The Kier molecular flexibility index (Phi) is 5.61. The molecule has 2 N–H and O–H groups in total. The van der Waals surface area contributed by atoms with Crippen LogP contribution in [0.3, 0.4) is 0 Å². The van der Waals surface area contributed by atoms with Gasteiger partial charge in [0.05, 0.1) is 10.2 Å². The van der Waals surface area contributed by atoms with Crippen LogP contribution < -0.4 is 10.6 Å². The number of rotatable bonds is 3. The van der Waals surface area contributed by atoms with Gasteiger partial charge >= 0.3 is 6.09 Å². The minimum absolute atomic E-state index is 0.0177. The van der Waals surface area contributed by atoms with Gasteiger partial charge in [0.15, 0.2) is 0 Å². The molecule has 1 aromatic carbocycles. The maximum absolute atomic E-state index is 14.0. The summed E-state index contributed by atoms with van der Waals surface area (Å²) in [5.74, 6) is -0.227. The van der Waals surface area contributed by atoms with Crippen LogP contribution >= 0.6 is 27.5 Å². The van der Waals surface area contributed by atoms with Crippen molar-refractivity contribution in [3.63, 3.8) is 0 Å². The predicted octanol–water partition coefficient (Wildman–Crippen LogP) is 5.12. The van der Waals surface area contributed by atoms with Crippen molar-refractivity contribution in [1.82, 2.24) is 9.97 Å². The number of nitrogens with zero attached hydrogens (tertiary/aromatic N) is 2. The van der Waals surface area contributed by atoms with Crippen molar-refractivity contribution in [2.24, 2.45) is 0 Å². The summed E-state index contributed by atoms with van der Waals surface area (Å²) in [5, 5.41) is 5.35. The highest BCUT2D eigenvalue weighted by atomic mass is 79.9. The Morgan fingerprint density at radius 1 is 1.38 bits per heavy atom. The lowest BCUT2D eigenvalue weighted by Gasteiger charge is -2.20. The molecule has 9 heteroatoms. The normalized spacial score (nSPS) is 11.1. The zero-order chi connectivity index (χ0) is 17.9. The number of carbonyl (C=O) groups excluding carboxylic acids is 1. The predicted molar refractivity (Wildman–Crippen MR) is 94.3 cm³/mol. The minimum Gasteiger partial charge on any atom is -0.444 e. The summed E-state index contributed by atoms with van der Waals surface area (Å²) in [6.45, 7) is 5.25. The molecule has 0 fully saturated rings. The van der Waals surface area contributed by atoms with E-state index in [4.69, 9.17) is 16.3 Å². The number of carbonyl (C=O) groups is 1. The lowest BCUT2D eigenvalue weighted by Crippen LogP contribution is -2.27. The van der Waals surface area contributed by atoms with Crippen molar-refractivity contribution in [1.29, 1.82) is 0 Å². The molecule has 0 radical (unpaired) electrons. The van der Waals surface area contributed by atoms with Gasteiger partial charge in [-0.3, -0.25) is 5.32 Å². The second-order valence-corrected chi connectivity index (χ2v) is 6.97. The SMILES string of the molecule is CC(C)(C)OC(=O)Nc1ccc(F)c(Nc2nc(Cl)ncc2Br)c1. The summed E-state index contributed by atoms with van der Waals surface area (Å²) >= 11 is 8.98. The van der Waals surface area contributed by atoms with E-state index < -0.39 is 17.5 Å². The Morgan fingerprint density at radius 3 is 2.75 bits per heavy atom. The topological polar surface area (TPSA) is 76.1 Å². The zero-order valence-corrected chi connectivity index (χ0v) is 15.5. The van der Waals surface area contributed by atoms with Gasteiger partial charge in [0.2, 0.25) is 5.28 Å². The van der Waals surface area contributed by atoms with Gasteiger partial charge in [0.25, 0.3) is 0 Å². The Balaban J connectivity index is 2.19. The van der Waals surface area contributed by atoms with E-state index in [0.29, 0.717) is 16.0 Å². The van der Waals surface area contributed by atoms with Crippen molar-refractivity contribution in [3.8, 4) is 0 Å². The van der Waals surface area contributed by atoms with Gasteiger partial charge in [-0.25, -0.2) is 14.2 Å². The number of benzene rings is 1. The smallest absolute Gasteiger partial charge is 0.412 e. The first-order chi connectivity index (χ1) is 11.1. The number of hydrogen-bond acceptors (Lipinski definition) is 5. The van der Waals surface area contributed by atoms with E-state index >= 15 is 0 Å². The molecular formula is C15H15BrClFN4O2. The second-order valence-electron chi connectivity index (χ2n) is 5.78. The number of anilines is 3. The fraction of sp³-hybridized carbons (Fsp3) is 0.267. The fourth-order valence-corrected chi connectivity index (χ4v) is 2.10. The largest absolute Gasteiger partial charge is 0.444 e. The first kappa shape index (κ1) is 18.4. The van der Waals surface area contributed by atoms with Gasteiger partial charge in [0, 0.05) is 11.9 Å². The third-order valence-corrected chi connectivity index (χ3v) is 3.34. The Bertz CT molecular complexity index is 768. The van der Waals surface area contributed by atoms with Gasteiger partial charge in [-0.15, -0.1) is 0 Å². The Labute approximate surface area is 151 Å². The van der Waals surface area contributed by atoms with Crippen LogP contribution in [0.1, 0.15) is 20.8 Å². The van der Waals surface area contributed by atoms with Gasteiger partial charge in [-0.1, -0.05) is 0 Å². The molecule has 0 saturated heterocycles. The van der Waals surface area contributed by atoms with E-state index in [0.717, 1.165) is 0 Å². The number of halogens is 3. The van der Waals surface area contributed by atoms with E-state index in [1.807, 2.05) is 0 Å². The van der Waals surface area contributed by atoms with Crippen LogP contribution in [0.15, 0.2) is 28.9 Å². The molecular weight excluding hydrogens is 403 g/mol. The van der Waals surface area contributed by atoms with Crippen molar-refractivity contribution in [2.45, 2.75) is 26.4 Å². The third kappa shape index (κ3) is 5.31. The van der Waals surface area contributed by atoms with E-state index in [1.54, 1.807) is 20.8 Å². The summed E-state index contributed by atoms with van der Waals surface area (Å²) in [5.41, 5.74) is -0.156. The molecule has 0 spiro atoms. The molecule has 1 amide bonds.